The number of imide groups is 1. The first-order chi connectivity index (χ1) is 11.0. The molecule has 0 aliphatic carbocycles. The maximum atomic E-state index is 12.4. The molecular weight excluding hydrogens is 312 g/mol. The van der Waals surface area contributed by atoms with E-state index in [0.29, 0.717) is 10.6 Å². The van der Waals surface area contributed by atoms with Gasteiger partial charge in [0.2, 0.25) is 0 Å². The van der Waals surface area contributed by atoms with Crippen molar-refractivity contribution in [1.82, 2.24) is 10.2 Å². The van der Waals surface area contributed by atoms with Crippen LogP contribution < -0.4 is 5.32 Å². The van der Waals surface area contributed by atoms with Gasteiger partial charge in [0.25, 0.3) is 5.91 Å². The maximum Gasteiger partial charge on any atom is 0.329 e. The van der Waals surface area contributed by atoms with Gasteiger partial charge in [0.15, 0.2) is 0 Å². The van der Waals surface area contributed by atoms with Crippen molar-refractivity contribution in [2.24, 2.45) is 0 Å². The molecule has 0 saturated carbocycles. The van der Waals surface area contributed by atoms with Crippen LogP contribution in [0.5, 0.6) is 0 Å². The zero-order valence-electron chi connectivity index (χ0n) is 12.5. The van der Waals surface area contributed by atoms with Gasteiger partial charge in [-0.3, -0.25) is 9.69 Å². The molecule has 3 rings (SSSR count). The Hall–Kier alpha value is -2.59. The number of aryl methyl sites for hydroxylation is 1. The van der Waals surface area contributed by atoms with E-state index in [2.05, 4.69) is 5.32 Å². The van der Waals surface area contributed by atoms with Crippen molar-refractivity contribution in [3.05, 3.63) is 75.9 Å². The molecule has 0 bridgehead atoms. The van der Waals surface area contributed by atoms with E-state index in [0.717, 1.165) is 11.1 Å². The summed E-state index contributed by atoms with van der Waals surface area (Å²) in [4.78, 5) is 25.7. The number of hydrogen-bond acceptors (Lipinski definition) is 2. The second-order valence-electron chi connectivity index (χ2n) is 5.39. The van der Waals surface area contributed by atoms with Gasteiger partial charge in [-0.2, -0.15) is 0 Å². The molecule has 0 spiro atoms. The van der Waals surface area contributed by atoms with E-state index in [1.807, 2.05) is 43.3 Å². The molecule has 3 amide bonds. The minimum atomic E-state index is -0.422. The average molecular weight is 327 g/mol. The quantitative estimate of drug-likeness (QED) is 0.690. The zero-order valence-corrected chi connectivity index (χ0v) is 13.3. The standard InChI is InChI=1S/C18H15ClN2O2/c1-12-6-8-13(9-7-12)11-21-17(22)16(20-18(21)23)10-14-4-2-3-5-15(14)19/h2-10H,11H2,1H3,(H,20,23)/b16-10+. The third-order valence-electron chi connectivity index (χ3n) is 3.63. The van der Waals surface area contributed by atoms with Crippen LogP contribution >= 0.6 is 11.6 Å². The Morgan fingerprint density at radius 2 is 1.78 bits per heavy atom. The van der Waals surface area contributed by atoms with Crippen LogP contribution in [0, 0.1) is 6.92 Å². The van der Waals surface area contributed by atoms with Crippen LogP contribution in [0.4, 0.5) is 4.79 Å². The predicted molar refractivity (Wildman–Crippen MR) is 89.7 cm³/mol. The molecule has 1 fully saturated rings. The molecule has 116 valence electrons. The minimum Gasteiger partial charge on any atom is -0.303 e. The number of hydrogen-bond donors (Lipinski definition) is 1. The smallest absolute Gasteiger partial charge is 0.303 e. The highest BCUT2D eigenvalue weighted by molar-refractivity contribution is 6.32. The molecule has 1 aliphatic rings. The topological polar surface area (TPSA) is 49.4 Å². The van der Waals surface area contributed by atoms with Gasteiger partial charge in [-0.05, 0) is 30.2 Å². The number of benzene rings is 2. The summed E-state index contributed by atoms with van der Waals surface area (Å²) in [7, 11) is 0. The SMILES string of the molecule is Cc1ccc(CN2C(=O)N/C(=C/c3ccccc3Cl)C2=O)cc1. The summed E-state index contributed by atoms with van der Waals surface area (Å²) in [6.45, 7) is 2.23. The van der Waals surface area contributed by atoms with Crippen LogP contribution in [0.3, 0.4) is 0 Å². The van der Waals surface area contributed by atoms with Gasteiger partial charge in [-0.15, -0.1) is 0 Å². The Morgan fingerprint density at radius 1 is 1.09 bits per heavy atom. The van der Waals surface area contributed by atoms with Crippen LogP contribution in [-0.4, -0.2) is 16.8 Å². The first-order valence-corrected chi connectivity index (χ1v) is 7.57. The molecular formula is C18H15ClN2O2. The fraction of sp³-hybridized carbons (Fsp3) is 0.111. The molecule has 2 aromatic carbocycles. The molecule has 23 heavy (non-hydrogen) atoms. The lowest BCUT2D eigenvalue weighted by molar-refractivity contribution is -0.123. The third-order valence-corrected chi connectivity index (χ3v) is 3.97. The molecule has 1 aliphatic heterocycles. The van der Waals surface area contributed by atoms with Crippen LogP contribution in [-0.2, 0) is 11.3 Å². The number of amides is 3. The highest BCUT2D eigenvalue weighted by Gasteiger charge is 2.33. The monoisotopic (exact) mass is 326 g/mol. The molecule has 1 saturated heterocycles. The van der Waals surface area contributed by atoms with Gasteiger partial charge in [-0.25, -0.2) is 4.79 Å². The molecule has 0 atom stereocenters. The first-order valence-electron chi connectivity index (χ1n) is 7.19. The Morgan fingerprint density at radius 3 is 2.48 bits per heavy atom. The Bertz CT molecular complexity index is 797. The Balaban J connectivity index is 1.82. The predicted octanol–water partition coefficient (Wildman–Crippen LogP) is 3.74. The number of nitrogens with zero attached hydrogens (tertiary/aromatic N) is 1. The molecule has 2 aromatic rings. The maximum absolute atomic E-state index is 12.4. The number of nitrogens with one attached hydrogen (secondary N) is 1. The minimum absolute atomic E-state index is 0.232. The van der Waals surface area contributed by atoms with Gasteiger partial charge in [0.1, 0.15) is 5.70 Å². The van der Waals surface area contributed by atoms with Gasteiger partial charge in [0.05, 0.1) is 6.54 Å². The summed E-state index contributed by atoms with van der Waals surface area (Å²) >= 11 is 6.09. The number of carbonyl (C=O) groups is 2. The largest absolute Gasteiger partial charge is 0.329 e. The normalized spacial score (nSPS) is 16.1. The molecule has 0 radical (unpaired) electrons. The van der Waals surface area contributed by atoms with Gasteiger partial charge in [-0.1, -0.05) is 59.6 Å². The number of urea groups is 1. The summed E-state index contributed by atoms with van der Waals surface area (Å²) in [5.74, 6) is -0.351. The van der Waals surface area contributed by atoms with Crippen molar-refractivity contribution in [1.29, 1.82) is 0 Å². The van der Waals surface area contributed by atoms with Gasteiger partial charge >= 0.3 is 6.03 Å². The molecule has 0 aromatic heterocycles. The van der Waals surface area contributed by atoms with E-state index in [-0.39, 0.29) is 18.1 Å². The van der Waals surface area contributed by atoms with Crippen LogP contribution in [0.2, 0.25) is 5.02 Å². The van der Waals surface area contributed by atoms with Crippen molar-refractivity contribution in [3.63, 3.8) is 0 Å². The van der Waals surface area contributed by atoms with E-state index < -0.39 is 6.03 Å². The third kappa shape index (κ3) is 3.27. The van der Waals surface area contributed by atoms with Crippen molar-refractivity contribution in [2.75, 3.05) is 0 Å². The summed E-state index contributed by atoms with van der Waals surface area (Å²) in [6.07, 6.45) is 1.59. The molecule has 0 unspecified atom stereocenters. The van der Waals surface area contributed by atoms with Crippen LogP contribution in [0.25, 0.3) is 6.08 Å². The first kappa shape index (κ1) is 15.3. The Labute approximate surface area is 139 Å². The number of carbonyl (C=O) groups excluding carboxylic acids is 2. The van der Waals surface area contributed by atoms with E-state index >= 15 is 0 Å². The lowest BCUT2D eigenvalue weighted by Gasteiger charge is -2.11. The molecule has 1 heterocycles. The summed E-state index contributed by atoms with van der Waals surface area (Å²) in [5, 5.41) is 3.13. The van der Waals surface area contributed by atoms with E-state index in [9.17, 15) is 9.59 Å². The number of rotatable bonds is 3. The van der Waals surface area contributed by atoms with Crippen molar-refractivity contribution < 1.29 is 9.59 Å². The highest BCUT2D eigenvalue weighted by atomic mass is 35.5. The van der Waals surface area contributed by atoms with E-state index in [4.69, 9.17) is 11.6 Å². The lowest BCUT2D eigenvalue weighted by Crippen LogP contribution is -2.30. The molecule has 5 heteroatoms. The van der Waals surface area contributed by atoms with Crippen molar-refractivity contribution in [2.45, 2.75) is 13.5 Å². The second-order valence-corrected chi connectivity index (χ2v) is 5.79. The van der Waals surface area contributed by atoms with E-state index in [1.165, 1.54) is 4.90 Å². The highest BCUT2D eigenvalue weighted by Crippen LogP contribution is 2.21. The van der Waals surface area contributed by atoms with Crippen LogP contribution in [0.15, 0.2) is 54.2 Å². The van der Waals surface area contributed by atoms with Crippen LogP contribution in [0.1, 0.15) is 16.7 Å². The van der Waals surface area contributed by atoms with E-state index in [1.54, 1.807) is 18.2 Å². The summed E-state index contributed by atoms with van der Waals surface area (Å²) < 4.78 is 0. The average Bonchev–Trinajstić information content (AvgIpc) is 2.79. The zero-order chi connectivity index (χ0) is 16.4. The van der Waals surface area contributed by atoms with Gasteiger partial charge in [0, 0.05) is 5.02 Å². The fourth-order valence-electron chi connectivity index (χ4n) is 2.34. The fourth-order valence-corrected chi connectivity index (χ4v) is 2.53. The summed E-state index contributed by atoms with van der Waals surface area (Å²) in [5.41, 5.74) is 2.95. The summed E-state index contributed by atoms with van der Waals surface area (Å²) in [6, 6.07) is 14.5. The number of halogens is 1. The van der Waals surface area contributed by atoms with Gasteiger partial charge < -0.3 is 5.32 Å². The lowest BCUT2D eigenvalue weighted by atomic mass is 10.1. The molecule has 1 N–H and O–H groups in total. The second kappa shape index (κ2) is 6.26. The van der Waals surface area contributed by atoms with Crippen molar-refractivity contribution in [3.8, 4) is 0 Å². The molecule has 4 nitrogen and oxygen atoms in total. The Kier molecular flexibility index (Phi) is 4.17. The van der Waals surface area contributed by atoms with Crippen molar-refractivity contribution >= 4 is 29.6 Å².